The van der Waals surface area contributed by atoms with E-state index in [1.807, 2.05) is 13.0 Å². The van der Waals surface area contributed by atoms with Crippen LogP contribution < -0.4 is 5.56 Å². The van der Waals surface area contributed by atoms with E-state index in [2.05, 4.69) is 16.2 Å². The predicted molar refractivity (Wildman–Crippen MR) is 155 cm³/mol. The summed E-state index contributed by atoms with van der Waals surface area (Å²) in [5.41, 5.74) is 3.06. The van der Waals surface area contributed by atoms with Crippen molar-refractivity contribution in [2.24, 2.45) is 0 Å². The van der Waals surface area contributed by atoms with Crippen LogP contribution in [-0.4, -0.2) is 43.9 Å². The number of hydrogen-bond acceptors (Lipinski definition) is 7. The van der Waals surface area contributed by atoms with Gasteiger partial charge in [0.15, 0.2) is 6.10 Å². The lowest BCUT2D eigenvalue weighted by molar-refractivity contribution is -0.163. The number of esters is 1. The minimum absolute atomic E-state index is 0.0849. The summed E-state index contributed by atoms with van der Waals surface area (Å²) in [5, 5.41) is 14.1. The second kappa shape index (κ2) is 12.2. The van der Waals surface area contributed by atoms with Crippen LogP contribution in [0, 0.1) is 24.1 Å². The summed E-state index contributed by atoms with van der Waals surface area (Å²) in [6.45, 7) is 7.49. The van der Waals surface area contributed by atoms with Crippen molar-refractivity contribution in [3.05, 3.63) is 86.8 Å². The number of hydrogen-bond donors (Lipinski definition) is 0. The fourth-order valence-corrected chi connectivity index (χ4v) is 5.57. The van der Waals surface area contributed by atoms with Crippen molar-refractivity contribution < 1.29 is 18.7 Å². The van der Waals surface area contributed by atoms with Gasteiger partial charge in [-0.2, -0.15) is 15.3 Å². The van der Waals surface area contributed by atoms with Gasteiger partial charge in [-0.25, -0.2) is 13.7 Å². The SMILES string of the molecule is CCCc1c(Cc2ccc(-c3ccccc3C#N)cc2F)c(=O)n([C@H]2C[C@@H](OC(C)C(=O)OCC)C2)c2nc(C)nn12. The molecule has 42 heavy (non-hydrogen) atoms. The molecule has 0 radical (unpaired) electrons. The van der Waals surface area contributed by atoms with Gasteiger partial charge in [0.1, 0.15) is 11.6 Å². The number of nitrogens with zero attached hydrogens (tertiary/aromatic N) is 5. The van der Waals surface area contributed by atoms with Crippen LogP contribution in [0.15, 0.2) is 47.3 Å². The number of aryl methyl sites for hydroxylation is 2. The van der Waals surface area contributed by atoms with Gasteiger partial charge in [-0.15, -0.1) is 0 Å². The highest BCUT2D eigenvalue weighted by Crippen LogP contribution is 2.36. The summed E-state index contributed by atoms with van der Waals surface area (Å²) in [6, 6.07) is 13.9. The molecular weight excluding hydrogens is 537 g/mol. The van der Waals surface area contributed by atoms with Crippen LogP contribution in [0.4, 0.5) is 4.39 Å². The summed E-state index contributed by atoms with van der Waals surface area (Å²) in [6.07, 6.45) is 1.58. The molecule has 4 aromatic rings. The van der Waals surface area contributed by atoms with Crippen molar-refractivity contribution in [1.82, 2.24) is 19.2 Å². The van der Waals surface area contributed by atoms with Crippen molar-refractivity contribution in [3.63, 3.8) is 0 Å². The zero-order chi connectivity index (χ0) is 30.0. The summed E-state index contributed by atoms with van der Waals surface area (Å²) >= 11 is 0. The number of rotatable bonds is 10. The van der Waals surface area contributed by atoms with E-state index in [4.69, 9.17) is 9.47 Å². The highest BCUT2D eigenvalue weighted by Gasteiger charge is 2.37. The number of nitriles is 1. The number of halogens is 1. The molecular formula is C32H34FN5O4. The lowest BCUT2D eigenvalue weighted by Gasteiger charge is -2.37. The van der Waals surface area contributed by atoms with Crippen LogP contribution >= 0.6 is 0 Å². The Hall–Kier alpha value is -4.36. The Morgan fingerprint density at radius 2 is 1.98 bits per heavy atom. The van der Waals surface area contributed by atoms with E-state index in [0.29, 0.717) is 58.7 Å². The Labute approximate surface area is 243 Å². The van der Waals surface area contributed by atoms with Crippen LogP contribution in [0.5, 0.6) is 0 Å². The van der Waals surface area contributed by atoms with Gasteiger partial charge in [0, 0.05) is 18.0 Å². The predicted octanol–water partition coefficient (Wildman–Crippen LogP) is 5.09. The van der Waals surface area contributed by atoms with E-state index >= 15 is 4.39 Å². The molecule has 0 aliphatic heterocycles. The van der Waals surface area contributed by atoms with Crippen LogP contribution in [0.25, 0.3) is 16.9 Å². The molecule has 1 aliphatic rings. The van der Waals surface area contributed by atoms with Gasteiger partial charge < -0.3 is 9.47 Å². The first-order valence-corrected chi connectivity index (χ1v) is 14.3. The van der Waals surface area contributed by atoms with E-state index in [0.717, 1.165) is 12.1 Å². The molecule has 0 amide bonds. The Balaban J connectivity index is 1.50. The third-order valence-electron chi connectivity index (χ3n) is 7.71. The van der Waals surface area contributed by atoms with Crippen molar-refractivity contribution >= 4 is 11.7 Å². The maximum atomic E-state index is 15.6. The minimum Gasteiger partial charge on any atom is -0.464 e. The molecule has 1 atom stereocenters. The molecule has 2 aromatic heterocycles. The van der Waals surface area contributed by atoms with Gasteiger partial charge in [0.25, 0.3) is 5.56 Å². The summed E-state index contributed by atoms with van der Waals surface area (Å²) in [7, 11) is 0. The largest absolute Gasteiger partial charge is 0.464 e. The molecule has 0 saturated heterocycles. The van der Waals surface area contributed by atoms with Gasteiger partial charge in [-0.05, 0) is 68.9 Å². The van der Waals surface area contributed by atoms with E-state index in [-0.39, 0.29) is 30.7 Å². The molecule has 1 fully saturated rings. The van der Waals surface area contributed by atoms with Crippen LogP contribution in [0.1, 0.15) is 74.3 Å². The first kappa shape index (κ1) is 29.1. The van der Waals surface area contributed by atoms with E-state index < -0.39 is 17.9 Å². The van der Waals surface area contributed by atoms with E-state index in [1.165, 1.54) is 6.07 Å². The second-order valence-electron chi connectivity index (χ2n) is 10.6. The average molecular weight is 572 g/mol. The normalized spacial score (nSPS) is 17.0. The number of benzene rings is 2. The van der Waals surface area contributed by atoms with Crippen molar-refractivity contribution in [2.45, 2.75) is 78.0 Å². The van der Waals surface area contributed by atoms with E-state index in [9.17, 15) is 14.9 Å². The maximum absolute atomic E-state index is 15.6. The lowest BCUT2D eigenvalue weighted by Crippen LogP contribution is -2.43. The molecule has 2 aromatic carbocycles. The van der Waals surface area contributed by atoms with Crippen LogP contribution in [0.2, 0.25) is 0 Å². The monoisotopic (exact) mass is 571 g/mol. The van der Waals surface area contributed by atoms with Crippen LogP contribution in [0.3, 0.4) is 0 Å². The first-order chi connectivity index (χ1) is 20.2. The zero-order valence-corrected chi connectivity index (χ0v) is 24.3. The van der Waals surface area contributed by atoms with Gasteiger partial charge in [-0.3, -0.25) is 9.36 Å². The number of ether oxygens (including phenoxy) is 2. The number of aromatic nitrogens is 4. The van der Waals surface area contributed by atoms with Crippen LogP contribution in [-0.2, 0) is 27.1 Å². The Morgan fingerprint density at radius 1 is 1.21 bits per heavy atom. The number of fused-ring (bicyclic) bond motifs is 1. The van der Waals surface area contributed by atoms with E-state index in [1.54, 1.807) is 60.2 Å². The van der Waals surface area contributed by atoms with Gasteiger partial charge in [0.2, 0.25) is 5.78 Å². The lowest BCUT2D eigenvalue weighted by atomic mass is 9.88. The molecule has 5 rings (SSSR count). The highest BCUT2D eigenvalue weighted by molar-refractivity contribution is 5.74. The standard InChI is InChI=1S/C32H34FN5O4/c1-5-9-29-27(14-22-13-12-21(15-28(22)33)26-11-8-7-10-23(26)18-34)30(39)37(32-35-20(4)36-38(29)32)24-16-25(17-24)42-19(3)31(40)41-6-2/h7-8,10-13,15,19,24-25H,5-6,9,14,16-17H2,1-4H3/t19?,24-,25+. The molecule has 1 saturated carbocycles. The molecule has 0 N–H and O–H groups in total. The quantitative estimate of drug-likeness (QED) is 0.244. The molecule has 10 heteroatoms. The summed E-state index contributed by atoms with van der Waals surface area (Å²) in [5.74, 6) is 0.125. The minimum atomic E-state index is -0.698. The molecule has 1 unspecified atom stereocenters. The molecule has 9 nitrogen and oxygen atoms in total. The topological polar surface area (TPSA) is 112 Å². The Morgan fingerprint density at radius 3 is 2.67 bits per heavy atom. The Kier molecular flexibility index (Phi) is 8.50. The summed E-state index contributed by atoms with van der Waals surface area (Å²) in [4.78, 5) is 30.7. The fourth-order valence-electron chi connectivity index (χ4n) is 5.57. The molecule has 0 spiro atoms. The average Bonchev–Trinajstić information content (AvgIpc) is 3.34. The second-order valence-corrected chi connectivity index (χ2v) is 10.6. The Bertz CT molecular complexity index is 1730. The smallest absolute Gasteiger partial charge is 0.334 e. The van der Waals surface area contributed by atoms with Gasteiger partial charge in [0.05, 0.1) is 30.0 Å². The molecule has 218 valence electrons. The first-order valence-electron chi connectivity index (χ1n) is 14.3. The van der Waals surface area contributed by atoms with Gasteiger partial charge in [-0.1, -0.05) is 43.7 Å². The third-order valence-corrected chi connectivity index (χ3v) is 7.71. The maximum Gasteiger partial charge on any atom is 0.334 e. The highest BCUT2D eigenvalue weighted by atomic mass is 19.1. The molecule has 0 bridgehead atoms. The molecule has 2 heterocycles. The zero-order valence-electron chi connectivity index (χ0n) is 24.3. The number of carbonyl (C=O) groups is 1. The number of carbonyl (C=O) groups excluding carboxylic acids is 1. The van der Waals surface area contributed by atoms with Crippen molar-refractivity contribution in [3.8, 4) is 17.2 Å². The fraction of sp³-hybridized carbons (Fsp3) is 0.406. The molecule has 1 aliphatic carbocycles. The van der Waals surface area contributed by atoms with Crippen molar-refractivity contribution in [2.75, 3.05) is 6.61 Å². The third kappa shape index (κ3) is 5.57. The van der Waals surface area contributed by atoms with Crippen molar-refractivity contribution in [1.29, 1.82) is 5.26 Å². The van der Waals surface area contributed by atoms with Gasteiger partial charge >= 0.3 is 5.97 Å². The summed E-state index contributed by atoms with van der Waals surface area (Å²) < 4.78 is 29.9.